The van der Waals surface area contributed by atoms with Crippen LogP contribution >= 0.6 is 0 Å². The van der Waals surface area contributed by atoms with Crippen LogP contribution in [0.3, 0.4) is 0 Å². The van der Waals surface area contributed by atoms with Crippen molar-refractivity contribution < 1.29 is 27.1 Å². The van der Waals surface area contributed by atoms with E-state index >= 15 is 0 Å². The van der Waals surface area contributed by atoms with Crippen molar-refractivity contribution in [2.45, 2.75) is 31.8 Å². The third-order valence-corrected chi connectivity index (χ3v) is 5.38. The Morgan fingerprint density at radius 3 is 2.39 bits per heavy atom. The van der Waals surface area contributed by atoms with Crippen LogP contribution in [0.1, 0.15) is 18.3 Å². The summed E-state index contributed by atoms with van der Waals surface area (Å²) in [4.78, 5) is 23.9. The molecule has 152 valence electrons. The molecule has 0 aliphatic heterocycles. The summed E-state index contributed by atoms with van der Waals surface area (Å²) in [5.74, 6) is -2.10. The van der Waals surface area contributed by atoms with E-state index in [1.165, 1.54) is 6.92 Å². The summed E-state index contributed by atoms with van der Waals surface area (Å²) in [6, 6.07) is 4.11. The van der Waals surface area contributed by atoms with Crippen molar-refractivity contribution in [2.75, 3.05) is 11.9 Å². The number of hydrogen-bond acceptors (Lipinski definition) is 6. The molecule has 0 radical (unpaired) electrons. The summed E-state index contributed by atoms with van der Waals surface area (Å²) in [7, 11) is -2.28. The number of sulfonamides is 1. The number of benzene rings is 1. The predicted octanol–water partition coefficient (Wildman–Crippen LogP) is 1.02. The number of nitrogens with one attached hydrogen (secondary N) is 2. The van der Waals surface area contributed by atoms with Gasteiger partial charge in [0, 0.05) is 7.05 Å². The normalized spacial score (nSPS) is 12.5. The van der Waals surface area contributed by atoms with E-state index in [4.69, 9.17) is 4.74 Å². The third kappa shape index (κ3) is 5.14. The van der Waals surface area contributed by atoms with Gasteiger partial charge in [-0.1, -0.05) is 0 Å². The zero-order valence-electron chi connectivity index (χ0n) is 15.8. The van der Waals surface area contributed by atoms with Crippen LogP contribution in [0.25, 0.3) is 0 Å². The Balaban J connectivity index is 1.91. The maximum absolute atomic E-state index is 12.9. The fraction of sp³-hybridized carbons (Fsp3) is 0.353. The van der Waals surface area contributed by atoms with Crippen molar-refractivity contribution in [2.24, 2.45) is 7.05 Å². The minimum atomic E-state index is -4.01. The van der Waals surface area contributed by atoms with Gasteiger partial charge in [0.15, 0.2) is 6.10 Å². The van der Waals surface area contributed by atoms with Crippen LogP contribution in [-0.2, 0) is 31.4 Å². The first-order valence-electron chi connectivity index (χ1n) is 8.27. The Labute approximate surface area is 161 Å². The average Bonchev–Trinajstić information content (AvgIpc) is 2.86. The molecule has 0 bridgehead atoms. The highest BCUT2D eigenvalue weighted by atomic mass is 32.2. The van der Waals surface area contributed by atoms with E-state index in [2.05, 4.69) is 10.4 Å². The Morgan fingerprint density at radius 2 is 1.86 bits per heavy atom. The molecule has 0 aliphatic rings. The fourth-order valence-corrected chi connectivity index (χ4v) is 3.29. The SMILES string of the molecule is Cc1nn(C)c(C)c1NC(=O)[C@@H](C)OC(=O)CNS(=O)(=O)c1ccc(F)cc1. The number of carbonyl (C=O) groups is 2. The molecule has 28 heavy (non-hydrogen) atoms. The number of esters is 1. The summed E-state index contributed by atoms with van der Waals surface area (Å²) in [5, 5.41) is 6.80. The molecule has 1 aromatic heterocycles. The Kier molecular flexibility index (Phi) is 6.52. The summed E-state index contributed by atoms with van der Waals surface area (Å²) in [5.41, 5.74) is 1.86. The van der Waals surface area contributed by atoms with Crippen LogP contribution in [-0.4, -0.2) is 42.7 Å². The number of anilines is 1. The number of rotatable bonds is 7. The maximum Gasteiger partial charge on any atom is 0.321 e. The van der Waals surface area contributed by atoms with Crippen molar-refractivity contribution in [3.05, 3.63) is 41.5 Å². The van der Waals surface area contributed by atoms with Gasteiger partial charge >= 0.3 is 5.97 Å². The minimum Gasteiger partial charge on any atom is -0.452 e. The maximum atomic E-state index is 12.9. The fourth-order valence-electron chi connectivity index (χ4n) is 2.32. The van der Waals surface area contributed by atoms with Crippen LogP contribution in [0.5, 0.6) is 0 Å². The lowest BCUT2D eigenvalue weighted by atomic mass is 10.3. The molecule has 2 aromatic rings. The Morgan fingerprint density at radius 1 is 1.25 bits per heavy atom. The largest absolute Gasteiger partial charge is 0.452 e. The van der Waals surface area contributed by atoms with Crippen molar-refractivity contribution >= 4 is 27.6 Å². The van der Waals surface area contributed by atoms with Crippen LogP contribution in [0, 0.1) is 19.7 Å². The van der Waals surface area contributed by atoms with E-state index in [-0.39, 0.29) is 4.90 Å². The molecule has 2 rings (SSSR count). The van der Waals surface area contributed by atoms with Gasteiger partial charge in [-0.2, -0.15) is 9.82 Å². The molecule has 1 aromatic carbocycles. The zero-order chi connectivity index (χ0) is 21.1. The number of amides is 1. The van der Waals surface area contributed by atoms with Crippen LogP contribution < -0.4 is 10.0 Å². The number of hydrogen-bond donors (Lipinski definition) is 2. The average molecular weight is 412 g/mol. The summed E-state index contributed by atoms with van der Waals surface area (Å²) >= 11 is 0. The van der Waals surface area contributed by atoms with Crippen LogP contribution in [0.4, 0.5) is 10.1 Å². The van der Waals surface area contributed by atoms with Gasteiger partial charge in [-0.25, -0.2) is 12.8 Å². The molecule has 0 aliphatic carbocycles. The van der Waals surface area contributed by atoms with Gasteiger partial charge < -0.3 is 10.1 Å². The van der Waals surface area contributed by atoms with Crippen molar-refractivity contribution in [3.63, 3.8) is 0 Å². The highest BCUT2D eigenvalue weighted by Gasteiger charge is 2.22. The predicted molar refractivity (Wildman–Crippen MR) is 98.5 cm³/mol. The monoisotopic (exact) mass is 412 g/mol. The first-order chi connectivity index (χ1) is 13.0. The quantitative estimate of drug-likeness (QED) is 0.656. The number of halogens is 1. The summed E-state index contributed by atoms with van der Waals surface area (Å²) in [6.45, 7) is 4.19. The Bertz CT molecular complexity index is 986. The second-order valence-corrected chi connectivity index (χ2v) is 7.84. The van der Waals surface area contributed by atoms with Crippen molar-refractivity contribution in [1.82, 2.24) is 14.5 Å². The van der Waals surface area contributed by atoms with E-state index in [0.29, 0.717) is 11.4 Å². The molecule has 1 heterocycles. The van der Waals surface area contributed by atoms with Gasteiger partial charge in [-0.3, -0.25) is 14.3 Å². The number of ether oxygens (including phenoxy) is 1. The van der Waals surface area contributed by atoms with Crippen LogP contribution in [0.2, 0.25) is 0 Å². The Hall–Kier alpha value is -2.79. The smallest absolute Gasteiger partial charge is 0.321 e. The molecule has 0 unspecified atom stereocenters. The molecule has 2 N–H and O–H groups in total. The second kappa shape index (κ2) is 8.48. The van der Waals surface area contributed by atoms with E-state index in [1.54, 1.807) is 25.6 Å². The molecule has 1 atom stereocenters. The first kappa shape index (κ1) is 21.5. The molecule has 11 heteroatoms. The van der Waals surface area contributed by atoms with Gasteiger partial charge in [0.25, 0.3) is 5.91 Å². The van der Waals surface area contributed by atoms with Gasteiger partial charge in [-0.15, -0.1) is 0 Å². The molecular formula is C17H21FN4O5S. The molecule has 0 fully saturated rings. The number of aryl methyl sites for hydroxylation is 2. The minimum absolute atomic E-state index is 0.199. The van der Waals surface area contributed by atoms with Crippen molar-refractivity contribution in [3.8, 4) is 0 Å². The van der Waals surface area contributed by atoms with Crippen LogP contribution in [0.15, 0.2) is 29.2 Å². The molecular weight excluding hydrogens is 391 g/mol. The standard InChI is InChI=1S/C17H21FN4O5S/c1-10-16(11(2)22(4)21-10)20-17(24)12(3)27-15(23)9-19-28(25,26)14-7-5-13(18)6-8-14/h5-8,12,19H,9H2,1-4H3,(H,20,24)/t12-/m1/s1. The van der Waals surface area contributed by atoms with E-state index < -0.39 is 40.4 Å². The molecule has 0 saturated carbocycles. The highest BCUT2D eigenvalue weighted by molar-refractivity contribution is 7.89. The van der Waals surface area contributed by atoms with E-state index in [1.807, 2.05) is 4.72 Å². The zero-order valence-corrected chi connectivity index (χ0v) is 16.6. The molecule has 0 saturated heterocycles. The molecule has 1 amide bonds. The lowest BCUT2D eigenvalue weighted by molar-refractivity contribution is -0.151. The highest BCUT2D eigenvalue weighted by Crippen LogP contribution is 2.18. The van der Waals surface area contributed by atoms with Crippen molar-refractivity contribution in [1.29, 1.82) is 0 Å². The number of nitrogens with zero attached hydrogens (tertiary/aromatic N) is 2. The third-order valence-electron chi connectivity index (χ3n) is 3.97. The second-order valence-electron chi connectivity index (χ2n) is 6.07. The van der Waals surface area contributed by atoms with E-state index in [0.717, 1.165) is 30.0 Å². The number of carbonyl (C=O) groups excluding carboxylic acids is 2. The lowest BCUT2D eigenvalue weighted by Gasteiger charge is -2.14. The molecule has 0 spiro atoms. The summed E-state index contributed by atoms with van der Waals surface area (Å²) < 4.78 is 45.6. The van der Waals surface area contributed by atoms with Gasteiger partial charge in [0.05, 0.1) is 22.0 Å². The summed E-state index contributed by atoms with van der Waals surface area (Å²) in [6.07, 6.45) is -1.15. The van der Waals surface area contributed by atoms with Gasteiger partial charge in [-0.05, 0) is 45.0 Å². The lowest BCUT2D eigenvalue weighted by Crippen LogP contribution is -2.36. The topological polar surface area (TPSA) is 119 Å². The van der Waals surface area contributed by atoms with E-state index in [9.17, 15) is 22.4 Å². The number of aromatic nitrogens is 2. The van der Waals surface area contributed by atoms with Gasteiger partial charge in [0.2, 0.25) is 10.0 Å². The molecule has 9 nitrogen and oxygen atoms in total. The first-order valence-corrected chi connectivity index (χ1v) is 9.75. The van der Waals surface area contributed by atoms with Gasteiger partial charge in [0.1, 0.15) is 12.4 Å².